The van der Waals surface area contributed by atoms with Gasteiger partial charge in [-0.05, 0) is 44.0 Å². The van der Waals surface area contributed by atoms with Crippen LogP contribution in [0.5, 0.6) is 0 Å². The fourth-order valence-electron chi connectivity index (χ4n) is 2.60. The first-order valence-electron chi connectivity index (χ1n) is 7.15. The predicted molar refractivity (Wildman–Crippen MR) is 88.1 cm³/mol. The molecule has 1 aromatic rings. The average molecular weight is 376 g/mol. The van der Waals surface area contributed by atoms with Crippen LogP contribution in [0.2, 0.25) is 0 Å². The Balaban J connectivity index is 1.96. The average Bonchev–Trinajstić information content (AvgIpc) is 2.47. The molecule has 2 N–H and O–H groups in total. The smallest absolute Gasteiger partial charge is 0.279 e. The maximum Gasteiger partial charge on any atom is 0.279 e. The van der Waals surface area contributed by atoms with Crippen LogP contribution in [0.1, 0.15) is 18.4 Å². The second-order valence-corrected chi connectivity index (χ2v) is 7.95. The fourth-order valence-corrected chi connectivity index (χ4v) is 4.32. The minimum Gasteiger partial charge on any atom is -0.319 e. The lowest BCUT2D eigenvalue weighted by Crippen LogP contribution is -2.47. The van der Waals surface area contributed by atoms with Gasteiger partial charge in [-0.15, -0.1) is 0 Å². The lowest BCUT2D eigenvalue weighted by atomic mass is 10.00. The van der Waals surface area contributed by atoms with Crippen LogP contribution >= 0.6 is 15.9 Å². The van der Waals surface area contributed by atoms with Crippen molar-refractivity contribution >= 4 is 26.1 Å². The highest BCUT2D eigenvalue weighted by Crippen LogP contribution is 2.19. The summed E-state index contributed by atoms with van der Waals surface area (Å²) in [6.07, 6.45) is 2.00. The van der Waals surface area contributed by atoms with Gasteiger partial charge in [0.2, 0.25) is 0 Å². The van der Waals surface area contributed by atoms with E-state index in [1.165, 1.54) is 0 Å². The summed E-state index contributed by atoms with van der Waals surface area (Å²) < 4.78 is 30.0. The highest BCUT2D eigenvalue weighted by molar-refractivity contribution is 9.10. The zero-order valence-corrected chi connectivity index (χ0v) is 14.6. The SMILES string of the molecule is CNCC1CCCN(S(=O)(=O)NCc2ccccc2Br)C1. The van der Waals surface area contributed by atoms with E-state index in [4.69, 9.17) is 0 Å². The van der Waals surface area contributed by atoms with E-state index in [1.807, 2.05) is 31.3 Å². The van der Waals surface area contributed by atoms with Crippen molar-refractivity contribution < 1.29 is 8.42 Å². The molecule has 1 unspecified atom stereocenters. The van der Waals surface area contributed by atoms with Crippen LogP contribution in [0.4, 0.5) is 0 Å². The molecule has 7 heteroatoms. The lowest BCUT2D eigenvalue weighted by molar-refractivity contribution is 0.261. The Bertz CT molecular complexity index is 563. The van der Waals surface area contributed by atoms with Crippen molar-refractivity contribution in [2.24, 2.45) is 5.92 Å². The van der Waals surface area contributed by atoms with Crippen molar-refractivity contribution in [3.05, 3.63) is 34.3 Å². The molecule has 1 fully saturated rings. The van der Waals surface area contributed by atoms with Crippen LogP contribution in [0.15, 0.2) is 28.7 Å². The molecule has 0 aliphatic carbocycles. The Morgan fingerprint density at radius 1 is 1.38 bits per heavy atom. The Labute approximate surface area is 135 Å². The molecule has 0 saturated carbocycles. The van der Waals surface area contributed by atoms with Gasteiger partial charge in [0.15, 0.2) is 0 Å². The summed E-state index contributed by atoms with van der Waals surface area (Å²) in [5.74, 6) is 0.392. The molecule has 21 heavy (non-hydrogen) atoms. The number of hydrogen-bond donors (Lipinski definition) is 2. The summed E-state index contributed by atoms with van der Waals surface area (Å²) in [5, 5.41) is 3.13. The van der Waals surface area contributed by atoms with Gasteiger partial charge >= 0.3 is 0 Å². The monoisotopic (exact) mass is 375 g/mol. The van der Waals surface area contributed by atoms with Crippen LogP contribution in [0, 0.1) is 5.92 Å². The van der Waals surface area contributed by atoms with Gasteiger partial charge in [-0.1, -0.05) is 34.1 Å². The molecule has 5 nitrogen and oxygen atoms in total. The highest BCUT2D eigenvalue weighted by atomic mass is 79.9. The zero-order chi connectivity index (χ0) is 15.3. The minimum atomic E-state index is -3.41. The van der Waals surface area contributed by atoms with Crippen molar-refractivity contribution in [2.45, 2.75) is 19.4 Å². The van der Waals surface area contributed by atoms with Crippen LogP contribution in [0.3, 0.4) is 0 Å². The number of nitrogens with one attached hydrogen (secondary N) is 2. The molecule has 1 aliphatic rings. The summed E-state index contributed by atoms with van der Waals surface area (Å²) >= 11 is 3.43. The van der Waals surface area contributed by atoms with E-state index in [-0.39, 0.29) is 0 Å². The molecule has 1 heterocycles. The first kappa shape index (κ1) is 16.9. The van der Waals surface area contributed by atoms with Crippen LogP contribution in [0.25, 0.3) is 0 Å². The molecule has 0 spiro atoms. The Morgan fingerprint density at radius 3 is 2.86 bits per heavy atom. The van der Waals surface area contributed by atoms with Gasteiger partial charge in [0, 0.05) is 24.1 Å². The summed E-state index contributed by atoms with van der Waals surface area (Å²) in [4.78, 5) is 0. The Kier molecular flexibility index (Phi) is 6.19. The first-order valence-corrected chi connectivity index (χ1v) is 9.39. The van der Waals surface area contributed by atoms with E-state index in [2.05, 4.69) is 26.0 Å². The minimum absolute atomic E-state index is 0.303. The second-order valence-electron chi connectivity index (χ2n) is 5.34. The molecular formula is C14H22BrN3O2S. The lowest BCUT2D eigenvalue weighted by Gasteiger charge is -2.31. The maximum atomic E-state index is 12.4. The highest BCUT2D eigenvalue weighted by Gasteiger charge is 2.28. The summed E-state index contributed by atoms with van der Waals surface area (Å²) in [6, 6.07) is 7.63. The summed E-state index contributed by atoms with van der Waals surface area (Å²) in [7, 11) is -1.51. The molecule has 0 bridgehead atoms. The van der Waals surface area contributed by atoms with Gasteiger partial charge in [-0.3, -0.25) is 0 Å². The van der Waals surface area contributed by atoms with Gasteiger partial charge in [-0.2, -0.15) is 17.4 Å². The van der Waals surface area contributed by atoms with Crippen molar-refractivity contribution in [1.82, 2.24) is 14.3 Å². The third kappa shape index (κ3) is 4.75. The number of benzene rings is 1. The molecule has 118 valence electrons. The zero-order valence-electron chi connectivity index (χ0n) is 12.2. The van der Waals surface area contributed by atoms with E-state index in [0.29, 0.717) is 25.6 Å². The Hall–Kier alpha value is -0.470. The third-order valence-electron chi connectivity index (χ3n) is 3.72. The van der Waals surface area contributed by atoms with Crippen LogP contribution in [-0.4, -0.2) is 39.4 Å². The van der Waals surface area contributed by atoms with Gasteiger partial charge < -0.3 is 5.32 Å². The molecule has 2 rings (SSSR count). The fraction of sp³-hybridized carbons (Fsp3) is 0.571. The van der Waals surface area contributed by atoms with E-state index in [0.717, 1.165) is 29.4 Å². The van der Waals surface area contributed by atoms with Gasteiger partial charge in [0.25, 0.3) is 10.2 Å². The van der Waals surface area contributed by atoms with Crippen molar-refractivity contribution in [2.75, 3.05) is 26.7 Å². The van der Waals surface area contributed by atoms with Gasteiger partial charge in [0.05, 0.1) is 0 Å². The third-order valence-corrected chi connectivity index (χ3v) is 6.01. The number of piperidine rings is 1. The number of halogens is 1. The van der Waals surface area contributed by atoms with E-state index < -0.39 is 10.2 Å². The van der Waals surface area contributed by atoms with Gasteiger partial charge in [-0.25, -0.2) is 0 Å². The maximum absolute atomic E-state index is 12.4. The largest absolute Gasteiger partial charge is 0.319 e. The molecule has 0 radical (unpaired) electrons. The predicted octanol–water partition coefficient (Wildman–Crippen LogP) is 1.71. The van der Waals surface area contributed by atoms with Crippen molar-refractivity contribution in [3.8, 4) is 0 Å². The number of rotatable bonds is 6. The second kappa shape index (κ2) is 7.69. The van der Waals surface area contributed by atoms with Crippen molar-refractivity contribution in [3.63, 3.8) is 0 Å². The molecule has 1 atom stereocenters. The van der Waals surface area contributed by atoms with E-state index in [1.54, 1.807) is 4.31 Å². The standard InChI is InChI=1S/C14H22BrN3O2S/c1-16-9-12-5-4-8-18(11-12)21(19,20)17-10-13-6-2-3-7-14(13)15/h2-3,6-7,12,16-17H,4-5,8-11H2,1H3. The molecule has 1 aliphatic heterocycles. The number of nitrogens with zero attached hydrogens (tertiary/aromatic N) is 1. The first-order chi connectivity index (χ1) is 10.0. The normalized spacial score (nSPS) is 20.6. The molecule has 1 aromatic carbocycles. The molecule has 0 amide bonds. The van der Waals surface area contributed by atoms with Crippen LogP contribution in [-0.2, 0) is 16.8 Å². The molecule has 1 saturated heterocycles. The van der Waals surface area contributed by atoms with Crippen molar-refractivity contribution in [1.29, 1.82) is 0 Å². The number of hydrogen-bond acceptors (Lipinski definition) is 3. The topological polar surface area (TPSA) is 61.4 Å². The Morgan fingerprint density at radius 2 is 2.14 bits per heavy atom. The molecule has 0 aromatic heterocycles. The van der Waals surface area contributed by atoms with E-state index >= 15 is 0 Å². The van der Waals surface area contributed by atoms with Crippen LogP contribution < -0.4 is 10.0 Å². The summed E-state index contributed by atoms with van der Waals surface area (Å²) in [5.41, 5.74) is 0.935. The quantitative estimate of drug-likeness (QED) is 0.795. The molecular weight excluding hydrogens is 354 g/mol. The summed E-state index contributed by atoms with van der Waals surface area (Å²) in [6.45, 7) is 2.35. The van der Waals surface area contributed by atoms with Gasteiger partial charge in [0.1, 0.15) is 0 Å². The van der Waals surface area contributed by atoms with E-state index in [9.17, 15) is 8.42 Å².